The van der Waals surface area contributed by atoms with E-state index in [2.05, 4.69) is 9.97 Å². The number of benzene rings is 1. The molecule has 0 aliphatic carbocycles. The average Bonchev–Trinajstić information content (AvgIpc) is 2.16. The molecule has 0 saturated heterocycles. The van der Waals surface area contributed by atoms with Gasteiger partial charge in [0.2, 0.25) is 11.6 Å². The summed E-state index contributed by atoms with van der Waals surface area (Å²) in [5.74, 6) is -1.94. The minimum atomic E-state index is -4.82. The standard InChI is InChI=1S/C9H4F4N2O/c10-4-1-2-5-6(3-4)14-7(8(16)15-5)9(11,12)13/h1-3H,(H,15,16). The first kappa shape index (κ1) is 10.6. The number of rotatable bonds is 0. The van der Waals surface area contributed by atoms with Crippen LogP contribution < -0.4 is 0 Å². The molecule has 1 aromatic heterocycles. The highest BCUT2D eigenvalue weighted by molar-refractivity contribution is 5.74. The SMILES string of the molecule is Oc1nc2ccc(F)cc2nc1C(F)(F)F. The van der Waals surface area contributed by atoms with E-state index in [1.54, 1.807) is 0 Å². The Morgan fingerprint density at radius 1 is 1.06 bits per heavy atom. The van der Waals surface area contributed by atoms with Crippen LogP contribution in [0, 0.1) is 5.82 Å². The molecule has 84 valence electrons. The van der Waals surface area contributed by atoms with E-state index in [9.17, 15) is 17.6 Å². The molecule has 0 fully saturated rings. The monoisotopic (exact) mass is 232 g/mol. The van der Waals surface area contributed by atoms with Crippen LogP contribution in [-0.2, 0) is 6.18 Å². The van der Waals surface area contributed by atoms with Crippen molar-refractivity contribution in [3.05, 3.63) is 29.7 Å². The summed E-state index contributed by atoms with van der Waals surface area (Å²) < 4.78 is 49.7. The molecule has 1 heterocycles. The predicted octanol–water partition coefficient (Wildman–Crippen LogP) is 2.49. The van der Waals surface area contributed by atoms with Crippen molar-refractivity contribution in [2.24, 2.45) is 0 Å². The van der Waals surface area contributed by atoms with Crippen LogP contribution in [0.4, 0.5) is 17.6 Å². The molecule has 0 aliphatic rings. The fourth-order valence-electron chi connectivity index (χ4n) is 1.21. The van der Waals surface area contributed by atoms with Gasteiger partial charge in [0.05, 0.1) is 11.0 Å². The van der Waals surface area contributed by atoms with Crippen molar-refractivity contribution < 1.29 is 22.7 Å². The largest absolute Gasteiger partial charge is 0.492 e. The Morgan fingerprint density at radius 2 is 1.75 bits per heavy atom. The highest BCUT2D eigenvalue weighted by Crippen LogP contribution is 2.33. The van der Waals surface area contributed by atoms with Crippen LogP contribution in [0.25, 0.3) is 11.0 Å². The third-order valence-corrected chi connectivity index (χ3v) is 1.88. The molecule has 7 heteroatoms. The third kappa shape index (κ3) is 1.75. The fraction of sp³-hybridized carbons (Fsp3) is 0.111. The lowest BCUT2D eigenvalue weighted by molar-refractivity contribution is -0.142. The van der Waals surface area contributed by atoms with Crippen LogP contribution in [0.3, 0.4) is 0 Å². The van der Waals surface area contributed by atoms with Gasteiger partial charge in [-0.1, -0.05) is 0 Å². The normalized spacial score (nSPS) is 12.0. The van der Waals surface area contributed by atoms with Crippen LogP contribution in [0.1, 0.15) is 5.69 Å². The van der Waals surface area contributed by atoms with Gasteiger partial charge in [-0.25, -0.2) is 14.4 Å². The minimum Gasteiger partial charge on any atom is -0.492 e. The Morgan fingerprint density at radius 3 is 2.38 bits per heavy atom. The molecule has 3 nitrogen and oxygen atoms in total. The van der Waals surface area contributed by atoms with Crippen molar-refractivity contribution in [2.45, 2.75) is 6.18 Å². The van der Waals surface area contributed by atoms with E-state index in [-0.39, 0.29) is 11.0 Å². The molecule has 0 saturated carbocycles. The summed E-state index contributed by atoms with van der Waals surface area (Å²) >= 11 is 0. The van der Waals surface area contributed by atoms with Crippen LogP contribution in [0.15, 0.2) is 18.2 Å². The zero-order chi connectivity index (χ0) is 11.9. The number of aromatic hydroxyl groups is 1. The second kappa shape index (κ2) is 3.29. The molecule has 0 unspecified atom stereocenters. The Balaban J connectivity index is 2.74. The van der Waals surface area contributed by atoms with Crippen LogP contribution in [-0.4, -0.2) is 15.1 Å². The Bertz CT molecular complexity index is 553. The third-order valence-electron chi connectivity index (χ3n) is 1.88. The maximum absolute atomic E-state index is 12.8. The zero-order valence-corrected chi connectivity index (χ0v) is 7.59. The van der Waals surface area contributed by atoms with Crippen LogP contribution in [0.2, 0.25) is 0 Å². The second-order valence-electron chi connectivity index (χ2n) is 3.03. The topological polar surface area (TPSA) is 46.0 Å². The molecule has 1 N–H and O–H groups in total. The van der Waals surface area contributed by atoms with Gasteiger partial charge in [0, 0.05) is 6.07 Å². The number of hydrogen-bond acceptors (Lipinski definition) is 3. The van der Waals surface area contributed by atoms with Crippen LogP contribution >= 0.6 is 0 Å². The summed E-state index contributed by atoms with van der Waals surface area (Å²) in [4.78, 5) is 6.42. The first-order chi connectivity index (χ1) is 7.38. The van der Waals surface area contributed by atoms with Crippen molar-refractivity contribution in [1.82, 2.24) is 9.97 Å². The van der Waals surface area contributed by atoms with E-state index < -0.39 is 23.6 Å². The molecule has 2 aromatic rings. The minimum absolute atomic E-state index is 0.00750. The Labute approximate surface area is 86.4 Å². The van der Waals surface area contributed by atoms with Gasteiger partial charge >= 0.3 is 6.18 Å². The maximum atomic E-state index is 12.8. The lowest BCUT2D eigenvalue weighted by Crippen LogP contribution is -2.09. The molecule has 0 amide bonds. The van der Waals surface area contributed by atoms with E-state index in [0.29, 0.717) is 0 Å². The number of aromatic nitrogens is 2. The van der Waals surface area contributed by atoms with Crippen LogP contribution in [0.5, 0.6) is 5.88 Å². The number of nitrogens with zero attached hydrogens (tertiary/aromatic N) is 2. The average molecular weight is 232 g/mol. The fourth-order valence-corrected chi connectivity index (χ4v) is 1.21. The second-order valence-corrected chi connectivity index (χ2v) is 3.03. The van der Waals surface area contributed by atoms with Crippen molar-refractivity contribution >= 4 is 11.0 Å². The smallest absolute Gasteiger partial charge is 0.438 e. The van der Waals surface area contributed by atoms with Crippen molar-refractivity contribution in [2.75, 3.05) is 0 Å². The van der Waals surface area contributed by atoms with Crippen molar-refractivity contribution in [3.8, 4) is 5.88 Å². The highest BCUT2D eigenvalue weighted by Gasteiger charge is 2.37. The molecule has 0 spiro atoms. The van der Waals surface area contributed by atoms with Gasteiger partial charge in [-0.05, 0) is 12.1 Å². The lowest BCUT2D eigenvalue weighted by atomic mass is 10.3. The molecular formula is C9H4F4N2O. The number of fused-ring (bicyclic) bond motifs is 1. The molecule has 1 aromatic carbocycles. The zero-order valence-electron chi connectivity index (χ0n) is 7.59. The molecule has 0 aliphatic heterocycles. The van der Waals surface area contributed by atoms with E-state index in [4.69, 9.17) is 5.11 Å². The van der Waals surface area contributed by atoms with E-state index in [0.717, 1.165) is 18.2 Å². The first-order valence-corrected chi connectivity index (χ1v) is 4.11. The van der Waals surface area contributed by atoms with Gasteiger partial charge in [0.1, 0.15) is 5.82 Å². The summed E-state index contributed by atoms with van der Waals surface area (Å²) in [6.45, 7) is 0. The van der Waals surface area contributed by atoms with E-state index in [1.165, 1.54) is 0 Å². The quantitative estimate of drug-likeness (QED) is 0.710. The predicted molar refractivity (Wildman–Crippen MR) is 46.2 cm³/mol. The number of alkyl halides is 3. The van der Waals surface area contributed by atoms with E-state index in [1.807, 2.05) is 0 Å². The van der Waals surface area contributed by atoms with Crippen molar-refractivity contribution in [3.63, 3.8) is 0 Å². The molecule has 0 atom stereocenters. The number of hydrogen-bond donors (Lipinski definition) is 1. The van der Waals surface area contributed by atoms with Crippen molar-refractivity contribution in [1.29, 1.82) is 0 Å². The summed E-state index contributed by atoms with van der Waals surface area (Å²) in [5, 5.41) is 9.03. The molecule has 2 rings (SSSR count). The van der Waals surface area contributed by atoms with E-state index >= 15 is 0 Å². The van der Waals surface area contributed by atoms with Gasteiger partial charge in [0.25, 0.3) is 0 Å². The van der Waals surface area contributed by atoms with Gasteiger partial charge < -0.3 is 5.11 Å². The van der Waals surface area contributed by atoms with Gasteiger partial charge in [0.15, 0.2) is 0 Å². The summed E-state index contributed by atoms with van der Waals surface area (Å²) in [7, 11) is 0. The molecular weight excluding hydrogens is 228 g/mol. The number of halogens is 4. The lowest BCUT2D eigenvalue weighted by Gasteiger charge is -2.07. The molecule has 0 bridgehead atoms. The molecule has 0 radical (unpaired) electrons. The highest BCUT2D eigenvalue weighted by atomic mass is 19.4. The summed E-state index contributed by atoms with van der Waals surface area (Å²) in [6.07, 6.45) is -4.82. The summed E-state index contributed by atoms with van der Waals surface area (Å²) in [5.41, 5.74) is -1.79. The Kier molecular flexibility index (Phi) is 2.18. The first-order valence-electron chi connectivity index (χ1n) is 4.11. The van der Waals surface area contributed by atoms with Gasteiger partial charge in [-0.3, -0.25) is 0 Å². The van der Waals surface area contributed by atoms with Gasteiger partial charge in [-0.15, -0.1) is 0 Å². The molecule has 16 heavy (non-hydrogen) atoms. The Hall–Kier alpha value is -1.92. The van der Waals surface area contributed by atoms with Gasteiger partial charge in [-0.2, -0.15) is 13.2 Å². The summed E-state index contributed by atoms with van der Waals surface area (Å²) in [6, 6.07) is 2.97. The maximum Gasteiger partial charge on any atom is 0.438 e.